The van der Waals surface area contributed by atoms with E-state index in [9.17, 15) is 38.1 Å². The number of hydrogen-bond acceptors (Lipinski definition) is 11. The Morgan fingerprint density at radius 3 is 2.40 bits per heavy atom. The van der Waals surface area contributed by atoms with E-state index >= 15 is 0 Å². The van der Waals surface area contributed by atoms with Gasteiger partial charge in [0.15, 0.2) is 0 Å². The molecule has 0 saturated carbocycles. The van der Waals surface area contributed by atoms with Crippen molar-refractivity contribution < 1.29 is 76.1 Å². The van der Waals surface area contributed by atoms with Gasteiger partial charge in [0.25, 0.3) is 5.69 Å². The average molecular weight is 456 g/mol. The molecule has 1 fully saturated rings. The summed E-state index contributed by atoms with van der Waals surface area (Å²) < 4.78 is 46.8. The van der Waals surface area contributed by atoms with Crippen molar-refractivity contribution in [3.05, 3.63) is 47.0 Å². The van der Waals surface area contributed by atoms with E-state index in [1.807, 2.05) is 0 Å². The molecular formula is C15H17N2NaO11S. The third-order valence-corrected chi connectivity index (χ3v) is 4.30. The molecule has 0 aromatic heterocycles. The van der Waals surface area contributed by atoms with E-state index in [-0.39, 0.29) is 41.0 Å². The van der Waals surface area contributed by atoms with Crippen molar-refractivity contribution in [3.63, 3.8) is 0 Å². The number of benzene rings is 1. The molecule has 1 heterocycles. The largest absolute Gasteiger partial charge is 1.00 e. The molecular weight excluding hydrogens is 439 g/mol. The third-order valence-electron chi connectivity index (χ3n) is 3.87. The number of nitro benzene ring substituents is 1. The van der Waals surface area contributed by atoms with Gasteiger partial charge >= 0.3 is 29.6 Å². The molecule has 1 aromatic carbocycles. The molecule has 1 aliphatic heterocycles. The number of ether oxygens (including phenoxy) is 2. The molecule has 1 saturated heterocycles. The smallest absolute Gasteiger partial charge is 0.726 e. The molecule has 3 N–H and O–H groups in total. The summed E-state index contributed by atoms with van der Waals surface area (Å²) in [7, 11) is -5.10. The molecule has 0 radical (unpaired) electrons. The Hall–Kier alpha value is -1.62. The number of aliphatic hydroxyl groups excluding tert-OH is 2. The molecule has 0 bridgehead atoms. The van der Waals surface area contributed by atoms with Crippen molar-refractivity contribution in [2.45, 2.75) is 30.6 Å². The minimum atomic E-state index is -5.10. The number of carbonyl (C=O) groups is 1. The first-order valence-electron chi connectivity index (χ1n) is 7.97. The van der Waals surface area contributed by atoms with Crippen LogP contribution in [0.1, 0.15) is 0 Å². The molecule has 1 amide bonds. The van der Waals surface area contributed by atoms with Gasteiger partial charge in [-0.05, 0) is 18.2 Å². The molecule has 30 heavy (non-hydrogen) atoms. The molecule has 1 aliphatic rings. The van der Waals surface area contributed by atoms with Gasteiger partial charge in [-0.25, -0.2) is 8.42 Å². The second kappa shape index (κ2) is 11.1. The van der Waals surface area contributed by atoms with Gasteiger partial charge in [0.1, 0.15) is 30.1 Å². The summed E-state index contributed by atoms with van der Waals surface area (Å²) in [6, 6.07) is 3.36. The zero-order chi connectivity index (χ0) is 21.8. The van der Waals surface area contributed by atoms with Crippen molar-refractivity contribution in [1.29, 1.82) is 0 Å². The van der Waals surface area contributed by atoms with E-state index in [1.54, 1.807) is 0 Å². The third kappa shape index (κ3) is 7.26. The summed E-state index contributed by atoms with van der Waals surface area (Å²) in [5, 5.41) is 33.4. The summed E-state index contributed by atoms with van der Waals surface area (Å²) in [5.41, 5.74) is -0.221. The van der Waals surface area contributed by atoms with E-state index in [0.717, 1.165) is 18.2 Å². The number of aliphatic hydroxyl groups is 2. The Kier molecular flexibility index (Phi) is 9.80. The number of carbonyl (C=O) groups excluding carboxylic acids is 1. The number of hydrogen-bond donors (Lipinski definition) is 3. The zero-order valence-corrected chi connectivity index (χ0v) is 18.4. The van der Waals surface area contributed by atoms with Gasteiger partial charge in [-0.3, -0.25) is 19.1 Å². The van der Waals surface area contributed by atoms with Crippen LogP contribution in [0.5, 0.6) is 5.75 Å². The first-order valence-corrected chi connectivity index (χ1v) is 9.31. The number of nitrogens with one attached hydrogen (secondary N) is 1. The van der Waals surface area contributed by atoms with Gasteiger partial charge < -0.3 is 29.6 Å². The fourth-order valence-electron chi connectivity index (χ4n) is 2.48. The molecule has 0 unspecified atom stereocenters. The number of non-ortho nitro benzene ring substituents is 1. The molecule has 160 valence electrons. The van der Waals surface area contributed by atoms with Crippen LogP contribution < -0.4 is 39.6 Å². The van der Waals surface area contributed by atoms with Crippen molar-refractivity contribution in [1.82, 2.24) is 5.32 Å². The molecule has 13 nitrogen and oxygen atoms in total. The number of amides is 1. The molecule has 0 aliphatic carbocycles. The van der Waals surface area contributed by atoms with Gasteiger partial charge in [-0.2, -0.15) is 0 Å². The summed E-state index contributed by atoms with van der Waals surface area (Å²) in [5.74, 6) is -0.697. The van der Waals surface area contributed by atoms with Gasteiger partial charge in [0, 0.05) is 12.1 Å². The van der Waals surface area contributed by atoms with Crippen LogP contribution in [0.15, 0.2) is 36.9 Å². The topological polar surface area (TPSA) is 198 Å². The van der Waals surface area contributed by atoms with Gasteiger partial charge in [0.2, 0.25) is 22.6 Å². The van der Waals surface area contributed by atoms with Gasteiger partial charge in [-0.15, -0.1) is 0 Å². The van der Waals surface area contributed by atoms with Crippen LogP contribution in [-0.2, 0) is 24.1 Å². The Morgan fingerprint density at radius 2 is 1.90 bits per heavy atom. The van der Waals surface area contributed by atoms with Crippen molar-refractivity contribution in [2.24, 2.45) is 0 Å². The van der Waals surface area contributed by atoms with Crippen molar-refractivity contribution in [3.8, 4) is 5.75 Å². The Morgan fingerprint density at radius 1 is 1.30 bits per heavy atom. The number of nitro groups is 1. The molecule has 2 rings (SSSR count). The van der Waals surface area contributed by atoms with Gasteiger partial charge in [-0.1, -0.05) is 6.58 Å². The fraction of sp³-hybridized carbons (Fsp3) is 0.400. The van der Waals surface area contributed by atoms with E-state index < -0.39 is 58.5 Å². The summed E-state index contributed by atoms with van der Waals surface area (Å²) >= 11 is 0. The average Bonchev–Trinajstić information content (AvgIpc) is 2.66. The zero-order valence-electron chi connectivity index (χ0n) is 15.6. The minimum Gasteiger partial charge on any atom is -0.726 e. The SMILES string of the molecule is C=CC(=O)N[C@H]1[C@H](Oc2ccc([N+](=O)[O-])cc2)O[C@H](COS(=O)(=O)[O-])[C@@H](O)[C@@H]1O.[Na+]. The van der Waals surface area contributed by atoms with Crippen LogP contribution in [0.2, 0.25) is 0 Å². The molecule has 15 heteroatoms. The predicted molar refractivity (Wildman–Crippen MR) is 92.2 cm³/mol. The maximum absolute atomic E-state index is 11.6. The van der Waals surface area contributed by atoms with E-state index in [0.29, 0.717) is 0 Å². The second-order valence-corrected chi connectivity index (χ2v) is 6.88. The van der Waals surface area contributed by atoms with Crippen LogP contribution in [-0.4, -0.2) is 71.3 Å². The normalized spacial score (nSPS) is 26.2. The Balaban J connectivity index is 0.00000450. The molecule has 1 aromatic rings. The number of nitrogens with zero attached hydrogens (tertiary/aromatic N) is 1. The van der Waals surface area contributed by atoms with Gasteiger partial charge in [0.05, 0.1) is 11.5 Å². The maximum Gasteiger partial charge on any atom is 1.00 e. The first-order chi connectivity index (χ1) is 13.5. The van der Waals surface area contributed by atoms with Crippen LogP contribution >= 0.6 is 0 Å². The predicted octanol–water partition coefficient (Wildman–Crippen LogP) is -4.43. The van der Waals surface area contributed by atoms with Crippen LogP contribution in [0.4, 0.5) is 5.69 Å². The monoisotopic (exact) mass is 456 g/mol. The fourth-order valence-corrected chi connectivity index (χ4v) is 2.78. The molecule has 0 spiro atoms. The summed E-state index contributed by atoms with van der Waals surface area (Å²) in [6.07, 6.45) is -5.56. The van der Waals surface area contributed by atoms with Crippen LogP contribution in [0.3, 0.4) is 0 Å². The van der Waals surface area contributed by atoms with Crippen LogP contribution in [0.25, 0.3) is 0 Å². The minimum absolute atomic E-state index is 0. The van der Waals surface area contributed by atoms with E-state index in [4.69, 9.17) is 9.47 Å². The molecule has 5 atom stereocenters. The van der Waals surface area contributed by atoms with Crippen molar-refractivity contribution in [2.75, 3.05) is 6.61 Å². The standard InChI is InChI=1S/C15H18N2O11S.Na/c1-2-11(18)16-12-14(20)13(19)10(7-26-29(23,24)25)28-15(12)27-9-5-3-8(4-6-9)17(21)22;/h2-6,10,12-15,19-20H,1,7H2,(H,16,18)(H,23,24,25);/q;+1/p-1/t10-,12-,13-,14-,15-;/m1./s1. The van der Waals surface area contributed by atoms with E-state index in [2.05, 4.69) is 16.1 Å². The van der Waals surface area contributed by atoms with Crippen molar-refractivity contribution >= 4 is 22.0 Å². The second-order valence-electron chi connectivity index (χ2n) is 5.82. The Labute approximate surface area is 193 Å². The van der Waals surface area contributed by atoms with E-state index in [1.165, 1.54) is 12.1 Å². The first kappa shape index (κ1) is 26.4. The summed E-state index contributed by atoms with van der Waals surface area (Å²) in [6.45, 7) is 2.33. The number of rotatable bonds is 8. The maximum atomic E-state index is 11.6. The summed E-state index contributed by atoms with van der Waals surface area (Å²) in [4.78, 5) is 21.7. The quantitative estimate of drug-likeness (QED) is 0.0852. The van der Waals surface area contributed by atoms with Crippen LogP contribution in [0, 0.1) is 10.1 Å². The Bertz CT molecular complexity index is 864.